The van der Waals surface area contributed by atoms with E-state index in [1.54, 1.807) is 7.11 Å². The van der Waals surface area contributed by atoms with Gasteiger partial charge in [-0.25, -0.2) is 4.99 Å². The first-order chi connectivity index (χ1) is 13.3. The second kappa shape index (κ2) is 11.8. The van der Waals surface area contributed by atoms with Gasteiger partial charge in [0.15, 0.2) is 17.5 Å². The normalized spacial score (nSPS) is 12.4. The lowest BCUT2D eigenvalue weighted by Crippen LogP contribution is -2.38. The molecule has 0 saturated carbocycles. The van der Waals surface area contributed by atoms with Crippen LogP contribution in [-0.4, -0.2) is 33.0 Å². The van der Waals surface area contributed by atoms with Gasteiger partial charge in [-0.15, -0.1) is 24.0 Å². The smallest absolute Gasteiger partial charge is 0.231 e. The first kappa shape index (κ1) is 22.3. The van der Waals surface area contributed by atoms with Crippen LogP contribution in [0, 0.1) is 0 Å². The second-order valence-electron chi connectivity index (χ2n) is 6.31. The number of hydrogen-bond donors (Lipinski definition) is 2. The predicted molar refractivity (Wildman–Crippen MR) is 122 cm³/mol. The highest BCUT2D eigenvalue weighted by Crippen LogP contribution is 2.32. The average molecular weight is 497 g/mol. The number of hydrogen-bond acceptors (Lipinski definition) is 4. The van der Waals surface area contributed by atoms with Crippen LogP contribution in [0.15, 0.2) is 47.5 Å². The Labute approximate surface area is 183 Å². The molecular formula is C21H28IN3O3. The van der Waals surface area contributed by atoms with E-state index >= 15 is 0 Å². The van der Waals surface area contributed by atoms with Crippen molar-refractivity contribution in [2.75, 3.05) is 27.0 Å². The monoisotopic (exact) mass is 497 g/mol. The highest BCUT2D eigenvalue weighted by atomic mass is 127. The molecule has 152 valence electrons. The quantitative estimate of drug-likeness (QED) is 0.332. The van der Waals surface area contributed by atoms with Gasteiger partial charge in [0.2, 0.25) is 6.79 Å². The number of ether oxygens (including phenoxy) is 3. The van der Waals surface area contributed by atoms with E-state index in [1.165, 1.54) is 5.56 Å². The average Bonchev–Trinajstić information content (AvgIpc) is 3.14. The molecule has 2 aromatic carbocycles. The highest BCUT2D eigenvalue weighted by molar-refractivity contribution is 14.0. The molecule has 0 aliphatic carbocycles. The largest absolute Gasteiger partial charge is 0.454 e. The van der Waals surface area contributed by atoms with Crippen LogP contribution in [0.3, 0.4) is 0 Å². The molecule has 2 N–H and O–H groups in total. The van der Waals surface area contributed by atoms with Crippen molar-refractivity contribution in [3.8, 4) is 11.5 Å². The Bertz CT molecular complexity index is 783. The zero-order valence-corrected chi connectivity index (χ0v) is 18.7. The van der Waals surface area contributed by atoms with Gasteiger partial charge in [-0.2, -0.15) is 0 Å². The number of methoxy groups -OCH3 is 1. The zero-order valence-electron chi connectivity index (χ0n) is 16.4. The van der Waals surface area contributed by atoms with E-state index in [0.29, 0.717) is 19.9 Å². The third-order valence-corrected chi connectivity index (χ3v) is 4.21. The molecule has 0 amide bonds. The summed E-state index contributed by atoms with van der Waals surface area (Å²) in [6, 6.07) is 14.4. The van der Waals surface area contributed by atoms with Gasteiger partial charge in [0.1, 0.15) is 0 Å². The van der Waals surface area contributed by atoms with Crippen molar-refractivity contribution in [1.29, 1.82) is 0 Å². The maximum Gasteiger partial charge on any atom is 0.231 e. The van der Waals surface area contributed by atoms with E-state index in [0.717, 1.165) is 48.1 Å². The van der Waals surface area contributed by atoms with Crippen LogP contribution in [0.4, 0.5) is 0 Å². The van der Waals surface area contributed by atoms with Gasteiger partial charge < -0.3 is 24.8 Å². The van der Waals surface area contributed by atoms with Crippen molar-refractivity contribution in [1.82, 2.24) is 10.6 Å². The third-order valence-electron chi connectivity index (χ3n) is 4.21. The summed E-state index contributed by atoms with van der Waals surface area (Å²) < 4.78 is 16.0. The minimum Gasteiger partial charge on any atom is -0.454 e. The molecule has 6 nitrogen and oxygen atoms in total. The summed E-state index contributed by atoms with van der Waals surface area (Å²) in [4.78, 5) is 4.68. The van der Waals surface area contributed by atoms with Gasteiger partial charge in [-0.1, -0.05) is 30.3 Å². The van der Waals surface area contributed by atoms with Crippen LogP contribution < -0.4 is 20.1 Å². The number of benzene rings is 2. The van der Waals surface area contributed by atoms with Crippen LogP contribution in [-0.2, 0) is 24.3 Å². The van der Waals surface area contributed by atoms with Gasteiger partial charge in [-0.05, 0) is 42.2 Å². The first-order valence-electron chi connectivity index (χ1n) is 9.26. The molecule has 28 heavy (non-hydrogen) atoms. The minimum atomic E-state index is 0. The number of nitrogens with zero attached hydrogens (tertiary/aromatic N) is 1. The fraction of sp³-hybridized carbons (Fsp3) is 0.381. The SMILES string of the molecule is CCNC(=NCc1cccc(COC)c1)NCCc1ccc2c(c1)OCO2.I. The van der Waals surface area contributed by atoms with Crippen molar-refractivity contribution >= 4 is 29.9 Å². The molecule has 0 fully saturated rings. The lowest BCUT2D eigenvalue weighted by Gasteiger charge is -2.12. The summed E-state index contributed by atoms with van der Waals surface area (Å²) >= 11 is 0. The highest BCUT2D eigenvalue weighted by Gasteiger charge is 2.12. The lowest BCUT2D eigenvalue weighted by atomic mass is 10.1. The topological polar surface area (TPSA) is 64.1 Å². The van der Waals surface area contributed by atoms with E-state index in [2.05, 4.69) is 46.8 Å². The van der Waals surface area contributed by atoms with Crippen LogP contribution >= 0.6 is 24.0 Å². The Morgan fingerprint density at radius 1 is 1.04 bits per heavy atom. The summed E-state index contributed by atoms with van der Waals surface area (Å²) in [6.07, 6.45) is 0.879. The summed E-state index contributed by atoms with van der Waals surface area (Å²) in [5.41, 5.74) is 3.53. The summed E-state index contributed by atoms with van der Waals surface area (Å²) in [5.74, 6) is 2.46. The van der Waals surface area contributed by atoms with E-state index in [-0.39, 0.29) is 24.0 Å². The maximum absolute atomic E-state index is 5.43. The maximum atomic E-state index is 5.43. The van der Waals surface area contributed by atoms with Crippen molar-refractivity contribution in [3.05, 3.63) is 59.2 Å². The zero-order chi connectivity index (χ0) is 18.9. The summed E-state index contributed by atoms with van der Waals surface area (Å²) in [5, 5.41) is 6.68. The Hall–Kier alpha value is -2.00. The Morgan fingerprint density at radius 2 is 1.86 bits per heavy atom. The standard InChI is InChI=1S/C21H27N3O3.HI/c1-3-22-21(24-13-17-5-4-6-18(11-17)14-25-2)23-10-9-16-7-8-19-20(12-16)27-15-26-19;/h4-8,11-12H,3,9-10,13-15H2,1-2H3,(H2,22,23,24);1H. The third kappa shape index (κ3) is 6.56. The number of rotatable bonds is 8. The first-order valence-corrected chi connectivity index (χ1v) is 9.26. The van der Waals surface area contributed by atoms with Gasteiger partial charge in [-0.3, -0.25) is 0 Å². The molecular weight excluding hydrogens is 469 g/mol. The summed E-state index contributed by atoms with van der Waals surface area (Å²) in [7, 11) is 1.71. The number of nitrogens with one attached hydrogen (secondary N) is 2. The number of fused-ring (bicyclic) bond motifs is 1. The van der Waals surface area contributed by atoms with Crippen LogP contribution in [0.25, 0.3) is 0 Å². The van der Waals surface area contributed by atoms with Gasteiger partial charge in [0.05, 0.1) is 13.2 Å². The fourth-order valence-corrected chi connectivity index (χ4v) is 2.92. The molecule has 7 heteroatoms. The van der Waals surface area contributed by atoms with E-state index in [4.69, 9.17) is 14.2 Å². The van der Waals surface area contributed by atoms with E-state index in [9.17, 15) is 0 Å². The Balaban J connectivity index is 0.00000280. The van der Waals surface area contributed by atoms with Crippen LogP contribution in [0.2, 0.25) is 0 Å². The fourth-order valence-electron chi connectivity index (χ4n) is 2.92. The molecule has 0 aromatic heterocycles. The Kier molecular flexibility index (Phi) is 9.36. The van der Waals surface area contributed by atoms with Crippen molar-refractivity contribution in [3.63, 3.8) is 0 Å². The Morgan fingerprint density at radius 3 is 2.68 bits per heavy atom. The van der Waals surface area contributed by atoms with E-state index < -0.39 is 0 Å². The van der Waals surface area contributed by atoms with Gasteiger partial charge >= 0.3 is 0 Å². The summed E-state index contributed by atoms with van der Waals surface area (Å²) in [6.45, 7) is 5.21. The molecule has 2 aromatic rings. The lowest BCUT2D eigenvalue weighted by molar-refractivity contribution is 0.174. The molecule has 0 unspecified atom stereocenters. The minimum absolute atomic E-state index is 0. The molecule has 0 radical (unpaired) electrons. The molecule has 3 rings (SSSR count). The number of aliphatic imine (C=N–C) groups is 1. The second-order valence-corrected chi connectivity index (χ2v) is 6.31. The number of guanidine groups is 1. The molecule has 0 saturated heterocycles. The molecule has 1 aliphatic heterocycles. The molecule has 0 spiro atoms. The van der Waals surface area contributed by atoms with Gasteiger partial charge in [0, 0.05) is 20.2 Å². The molecule has 1 aliphatic rings. The molecule has 1 heterocycles. The van der Waals surface area contributed by atoms with Crippen molar-refractivity contribution in [2.24, 2.45) is 4.99 Å². The van der Waals surface area contributed by atoms with Crippen molar-refractivity contribution < 1.29 is 14.2 Å². The predicted octanol–water partition coefficient (Wildman–Crippen LogP) is 3.48. The van der Waals surface area contributed by atoms with E-state index in [1.807, 2.05) is 18.2 Å². The number of halogens is 1. The molecule has 0 bridgehead atoms. The van der Waals surface area contributed by atoms with Crippen LogP contribution in [0.1, 0.15) is 23.6 Å². The van der Waals surface area contributed by atoms with Gasteiger partial charge in [0.25, 0.3) is 0 Å². The van der Waals surface area contributed by atoms with Crippen LogP contribution in [0.5, 0.6) is 11.5 Å². The van der Waals surface area contributed by atoms with Crippen molar-refractivity contribution in [2.45, 2.75) is 26.5 Å². The molecule has 0 atom stereocenters.